The summed E-state index contributed by atoms with van der Waals surface area (Å²) in [6, 6.07) is 18.4. The van der Waals surface area contributed by atoms with Gasteiger partial charge in [0.25, 0.3) is 5.91 Å². The Morgan fingerprint density at radius 2 is 1.97 bits per heavy atom. The number of anilines is 1. The fourth-order valence-electron chi connectivity index (χ4n) is 3.08. The number of hydrogen-bond donors (Lipinski definition) is 1. The molecule has 3 aromatic rings. The van der Waals surface area contributed by atoms with Gasteiger partial charge >= 0.3 is 0 Å². The number of furan rings is 1. The topological polar surface area (TPSA) is 63.9 Å². The molecule has 0 spiro atoms. The van der Waals surface area contributed by atoms with Crippen LogP contribution in [0.15, 0.2) is 75.3 Å². The third-order valence-electron chi connectivity index (χ3n) is 4.43. The standard InChI is InChI=1S/C23H19BrN2O4S/c1-2-28-21-9-4-3-8-20(21)26-22(27)19(25-23(26)31)13-17-10-11-18(30-17)14-29-16-7-5-6-15(24)12-16/h3-13H,2,14H2,1H3,(H,25,31)/b19-13+. The van der Waals surface area contributed by atoms with Crippen LogP contribution in [0, 0.1) is 0 Å². The minimum absolute atomic E-state index is 0.271. The lowest BCUT2D eigenvalue weighted by Gasteiger charge is -2.17. The first-order valence-electron chi connectivity index (χ1n) is 9.61. The third-order valence-corrected chi connectivity index (χ3v) is 5.21. The zero-order chi connectivity index (χ0) is 21.8. The molecule has 1 aliphatic heterocycles. The Hall–Kier alpha value is -3.10. The maximum atomic E-state index is 13.0. The normalized spacial score (nSPS) is 14.8. The molecule has 31 heavy (non-hydrogen) atoms. The zero-order valence-corrected chi connectivity index (χ0v) is 19.0. The first-order chi connectivity index (χ1) is 15.0. The summed E-state index contributed by atoms with van der Waals surface area (Å²) in [6.45, 7) is 2.64. The molecular formula is C23H19BrN2O4S. The van der Waals surface area contributed by atoms with E-state index in [9.17, 15) is 4.79 Å². The number of nitrogens with zero attached hydrogens (tertiary/aromatic N) is 1. The average molecular weight is 499 g/mol. The van der Waals surface area contributed by atoms with Gasteiger partial charge in [0.05, 0.1) is 12.3 Å². The number of benzene rings is 2. The van der Waals surface area contributed by atoms with E-state index in [0.717, 1.165) is 10.2 Å². The highest BCUT2D eigenvalue weighted by molar-refractivity contribution is 9.10. The second-order valence-electron chi connectivity index (χ2n) is 6.58. The summed E-state index contributed by atoms with van der Waals surface area (Å²) in [5.74, 6) is 2.20. The summed E-state index contributed by atoms with van der Waals surface area (Å²) in [4.78, 5) is 14.4. The maximum absolute atomic E-state index is 13.0. The molecule has 1 N–H and O–H groups in total. The van der Waals surface area contributed by atoms with E-state index in [1.165, 1.54) is 4.90 Å². The summed E-state index contributed by atoms with van der Waals surface area (Å²) in [6.07, 6.45) is 1.63. The second kappa shape index (κ2) is 9.36. The average Bonchev–Trinajstić information content (AvgIpc) is 3.31. The van der Waals surface area contributed by atoms with Crippen molar-refractivity contribution in [2.24, 2.45) is 0 Å². The summed E-state index contributed by atoms with van der Waals surface area (Å²) in [5, 5.41) is 3.25. The van der Waals surface area contributed by atoms with Gasteiger partial charge in [-0.1, -0.05) is 34.1 Å². The number of halogens is 1. The Balaban J connectivity index is 1.49. The Morgan fingerprint density at radius 1 is 1.13 bits per heavy atom. The molecule has 0 aliphatic carbocycles. The molecule has 0 radical (unpaired) electrons. The molecular weight excluding hydrogens is 480 g/mol. The third kappa shape index (κ3) is 4.81. The van der Waals surface area contributed by atoms with Crippen molar-refractivity contribution < 1.29 is 18.7 Å². The van der Waals surface area contributed by atoms with E-state index in [1.807, 2.05) is 49.4 Å². The first kappa shape index (κ1) is 21.1. The first-order valence-corrected chi connectivity index (χ1v) is 10.8. The van der Waals surface area contributed by atoms with Gasteiger partial charge in [0.15, 0.2) is 5.11 Å². The number of amides is 1. The van der Waals surface area contributed by atoms with E-state index in [4.69, 9.17) is 26.1 Å². The van der Waals surface area contributed by atoms with Crippen LogP contribution in [0.5, 0.6) is 11.5 Å². The molecule has 1 fully saturated rings. The van der Waals surface area contributed by atoms with Crippen molar-refractivity contribution in [3.8, 4) is 11.5 Å². The van der Waals surface area contributed by atoms with Crippen molar-refractivity contribution in [3.63, 3.8) is 0 Å². The van der Waals surface area contributed by atoms with E-state index in [0.29, 0.717) is 35.3 Å². The van der Waals surface area contributed by atoms with Crippen molar-refractivity contribution in [1.82, 2.24) is 5.32 Å². The van der Waals surface area contributed by atoms with Crippen molar-refractivity contribution in [3.05, 3.63) is 82.4 Å². The molecule has 0 saturated carbocycles. The number of para-hydroxylation sites is 2. The van der Waals surface area contributed by atoms with Crippen LogP contribution in [-0.4, -0.2) is 17.6 Å². The van der Waals surface area contributed by atoms with Gasteiger partial charge in [-0.2, -0.15) is 0 Å². The number of carbonyl (C=O) groups is 1. The van der Waals surface area contributed by atoms with Crippen LogP contribution in [0.3, 0.4) is 0 Å². The highest BCUT2D eigenvalue weighted by Gasteiger charge is 2.33. The van der Waals surface area contributed by atoms with Crippen molar-refractivity contribution in [2.75, 3.05) is 11.5 Å². The predicted molar refractivity (Wildman–Crippen MR) is 126 cm³/mol. The van der Waals surface area contributed by atoms with Gasteiger partial charge in [0.2, 0.25) is 0 Å². The van der Waals surface area contributed by atoms with E-state index in [1.54, 1.807) is 24.3 Å². The summed E-state index contributed by atoms with van der Waals surface area (Å²) in [7, 11) is 0. The summed E-state index contributed by atoms with van der Waals surface area (Å²) in [5.41, 5.74) is 0.919. The van der Waals surface area contributed by atoms with Crippen molar-refractivity contribution in [1.29, 1.82) is 0 Å². The van der Waals surface area contributed by atoms with E-state index in [2.05, 4.69) is 21.2 Å². The fraction of sp³-hybridized carbons (Fsp3) is 0.130. The van der Waals surface area contributed by atoms with Crippen LogP contribution in [0.25, 0.3) is 6.08 Å². The van der Waals surface area contributed by atoms with Gasteiger partial charge in [-0.25, -0.2) is 4.90 Å². The molecule has 2 aromatic carbocycles. The monoisotopic (exact) mass is 498 g/mol. The van der Waals surface area contributed by atoms with E-state index >= 15 is 0 Å². The molecule has 8 heteroatoms. The SMILES string of the molecule is CCOc1ccccc1N1C(=O)/C(=C\c2ccc(COc3cccc(Br)c3)o2)NC1=S. The molecule has 1 aromatic heterocycles. The van der Waals surface area contributed by atoms with E-state index in [-0.39, 0.29) is 17.6 Å². The Kier molecular flexibility index (Phi) is 6.39. The maximum Gasteiger partial charge on any atom is 0.281 e. The van der Waals surface area contributed by atoms with Crippen LogP contribution in [-0.2, 0) is 11.4 Å². The van der Waals surface area contributed by atoms with Gasteiger partial charge in [0.1, 0.15) is 35.3 Å². The van der Waals surface area contributed by atoms with Crippen LogP contribution in [0.2, 0.25) is 0 Å². The molecule has 1 aliphatic rings. The molecule has 2 heterocycles. The highest BCUT2D eigenvalue weighted by Crippen LogP contribution is 2.31. The lowest BCUT2D eigenvalue weighted by Crippen LogP contribution is -2.30. The number of rotatable bonds is 7. The molecule has 0 bridgehead atoms. The fourth-order valence-corrected chi connectivity index (χ4v) is 3.75. The van der Waals surface area contributed by atoms with Gasteiger partial charge in [-0.05, 0) is 61.6 Å². The van der Waals surface area contributed by atoms with Gasteiger partial charge < -0.3 is 19.2 Å². The number of nitrogens with one attached hydrogen (secondary N) is 1. The van der Waals surface area contributed by atoms with Crippen LogP contribution < -0.4 is 19.7 Å². The quantitative estimate of drug-likeness (QED) is 0.353. The summed E-state index contributed by atoms with van der Waals surface area (Å²) < 4.78 is 18.1. The molecule has 6 nitrogen and oxygen atoms in total. The van der Waals surface area contributed by atoms with Gasteiger partial charge in [-0.3, -0.25) is 4.79 Å². The number of ether oxygens (including phenoxy) is 2. The minimum Gasteiger partial charge on any atom is -0.492 e. The number of carbonyl (C=O) groups excluding carboxylic acids is 1. The van der Waals surface area contributed by atoms with Gasteiger partial charge in [-0.15, -0.1) is 0 Å². The van der Waals surface area contributed by atoms with Crippen LogP contribution >= 0.6 is 28.1 Å². The lowest BCUT2D eigenvalue weighted by molar-refractivity contribution is -0.113. The van der Waals surface area contributed by atoms with Crippen molar-refractivity contribution >= 4 is 50.9 Å². The predicted octanol–water partition coefficient (Wildman–Crippen LogP) is 5.28. The molecule has 4 rings (SSSR count). The molecule has 158 valence electrons. The van der Waals surface area contributed by atoms with Crippen LogP contribution in [0.4, 0.5) is 5.69 Å². The van der Waals surface area contributed by atoms with E-state index < -0.39 is 0 Å². The molecule has 1 amide bonds. The molecule has 1 saturated heterocycles. The zero-order valence-electron chi connectivity index (χ0n) is 16.6. The number of hydrogen-bond acceptors (Lipinski definition) is 5. The number of thiocarbonyl (C=S) groups is 1. The smallest absolute Gasteiger partial charge is 0.281 e. The largest absolute Gasteiger partial charge is 0.492 e. The molecule has 0 unspecified atom stereocenters. The van der Waals surface area contributed by atoms with Gasteiger partial charge in [0, 0.05) is 10.5 Å². The van der Waals surface area contributed by atoms with Crippen LogP contribution in [0.1, 0.15) is 18.4 Å². The Morgan fingerprint density at radius 3 is 2.77 bits per heavy atom. The molecule has 0 atom stereocenters. The summed E-state index contributed by atoms with van der Waals surface area (Å²) >= 11 is 8.81. The van der Waals surface area contributed by atoms with Crippen molar-refractivity contribution in [2.45, 2.75) is 13.5 Å². The Bertz CT molecular complexity index is 1160. The Labute approximate surface area is 193 Å². The minimum atomic E-state index is -0.277. The lowest BCUT2D eigenvalue weighted by atomic mass is 10.2. The second-order valence-corrected chi connectivity index (χ2v) is 7.88. The highest BCUT2D eigenvalue weighted by atomic mass is 79.9.